The van der Waals surface area contributed by atoms with Gasteiger partial charge in [-0.2, -0.15) is 0 Å². The lowest BCUT2D eigenvalue weighted by Gasteiger charge is -2.00. The first kappa shape index (κ1) is 14.3. The minimum absolute atomic E-state index is 0.552. The number of hydrogen-bond acceptors (Lipinski definition) is 5. The molecule has 2 rings (SSSR count). The maximum absolute atomic E-state index is 6.09. The molecule has 0 aliphatic heterocycles. The smallest absolute Gasteiger partial charge is 0.180 e. The van der Waals surface area contributed by atoms with E-state index >= 15 is 0 Å². The van der Waals surface area contributed by atoms with E-state index in [4.69, 9.17) is 17.3 Å². The van der Waals surface area contributed by atoms with Crippen LogP contribution in [0.5, 0.6) is 0 Å². The van der Waals surface area contributed by atoms with E-state index in [1.807, 2.05) is 5.38 Å². The van der Waals surface area contributed by atoms with Gasteiger partial charge in [0.15, 0.2) is 10.3 Å². The van der Waals surface area contributed by atoms with Crippen LogP contribution in [0.4, 0.5) is 5.13 Å². The molecular formula is C12H18ClN5S. The zero-order valence-corrected chi connectivity index (χ0v) is 12.4. The minimum atomic E-state index is 0.552. The molecule has 0 aromatic carbocycles. The molecule has 0 atom stereocenters. The Kier molecular flexibility index (Phi) is 5.18. The van der Waals surface area contributed by atoms with E-state index in [1.54, 1.807) is 0 Å². The number of anilines is 1. The van der Waals surface area contributed by atoms with Crippen LogP contribution in [-0.2, 0) is 19.5 Å². The Bertz CT molecular complexity index is 522. The largest absolute Gasteiger partial charge is 0.375 e. The predicted octanol–water partition coefficient (Wildman–Crippen LogP) is 2.73. The highest BCUT2D eigenvalue weighted by molar-refractivity contribution is 7.13. The van der Waals surface area contributed by atoms with E-state index in [9.17, 15) is 0 Å². The molecule has 5 nitrogen and oxygen atoms in total. The lowest BCUT2D eigenvalue weighted by Crippen LogP contribution is -2.13. The maximum atomic E-state index is 6.09. The molecule has 0 saturated heterocycles. The summed E-state index contributed by atoms with van der Waals surface area (Å²) in [5.41, 5.74) is 7.45. The second-order valence-electron chi connectivity index (χ2n) is 4.34. The van der Waals surface area contributed by atoms with Crippen LogP contribution in [-0.4, -0.2) is 15.0 Å². The summed E-state index contributed by atoms with van der Waals surface area (Å²) in [6.45, 7) is 3.48. The van der Waals surface area contributed by atoms with Crippen LogP contribution < -0.4 is 11.1 Å². The Morgan fingerprint density at radius 1 is 1.42 bits per heavy atom. The zero-order valence-electron chi connectivity index (χ0n) is 10.9. The number of unbranched alkanes of at least 4 members (excludes halogenated alkanes) is 1. The number of aryl methyl sites for hydroxylation is 1. The van der Waals surface area contributed by atoms with Crippen molar-refractivity contribution in [3.05, 3.63) is 27.7 Å². The Hall–Kier alpha value is -1.11. The van der Waals surface area contributed by atoms with Crippen LogP contribution in [0.25, 0.3) is 0 Å². The highest BCUT2D eigenvalue weighted by atomic mass is 35.5. The minimum Gasteiger partial charge on any atom is -0.375 e. The summed E-state index contributed by atoms with van der Waals surface area (Å²) in [4.78, 5) is 11.8. The Morgan fingerprint density at radius 3 is 2.95 bits per heavy atom. The lowest BCUT2D eigenvalue weighted by molar-refractivity contribution is 0.670. The monoisotopic (exact) mass is 299 g/mol. The van der Waals surface area contributed by atoms with Crippen LogP contribution in [0.3, 0.4) is 0 Å². The summed E-state index contributed by atoms with van der Waals surface area (Å²) in [5.74, 6) is 0.960. The Balaban J connectivity index is 1.83. The molecule has 0 aliphatic rings. The van der Waals surface area contributed by atoms with Gasteiger partial charge in [0.2, 0.25) is 0 Å². The van der Waals surface area contributed by atoms with Crippen molar-refractivity contribution in [2.24, 2.45) is 0 Å². The number of nitrogens with zero attached hydrogens (tertiary/aromatic N) is 2. The fourth-order valence-corrected chi connectivity index (χ4v) is 2.52. The number of H-pyrrole nitrogens is 1. The second kappa shape index (κ2) is 6.88. The predicted molar refractivity (Wildman–Crippen MR) is 79.3 cm³/mol. The van der Waals surface area contributed by atoms with Crippen LogP contribution in [0.15, 0.2) is 5.38 Å². The lowest BCUT2D eigenvalue weighted by atomic mass is 10.2. The summed E-state index contributed by atoms with van der Waals surface area (Å²) >= 11 is 7.54. The first-order chi connectivity index (χ1) is 9.19. The number of hydrogen-bond donors (Lipinski definition) is 3. The average molecular weight is 300 g/mol. The SMILES string of the molecule is CCCCc1nc(Cl)c(CNCc2csc(N)n2)[nH]1. The van der Waals surface area contributed by atoms with Crippen LogP contribution in [0.1, 0.15) is 37.0 Å². The number of halogens is 1. The van der Waals surface area contributed by atoms with Crippen molar-refractivity contribution in [2.75, 3.05) is 5.73 Å². The van der Waals surface area contributed by atoms with Crippen LogP contribution in [0.2, 0.25) is 5.15 Å². The Labute approximate surface area is 121 Å². The van der Waals surface area contributed by atoms with Gasteiger partial charge in [0, 0.05) is 24.9 Å². The highest BCUT2D eigenvalue weighted by Gasteiger charge is 2.07. The van der Waals surface area contributed by atoms with Gasteiger partial charge in [-0.05, 0) is 6.42 Å². The summed E-state index contributed by atoms with van der Waals surface area (Å²) in [6, 6.07) is 0. The number of nitrogen functional groups attached to an aromatic ring is 1. The fraction of sp³-hybridized carbons (Fsp3) is 0.500. The molecule has 104 valence electrons. The maximum Gasteiger partial charge on any atom is 0.180 e. The van der Waals surface area contributed by atoms with E-state index in [0.717, 1.165) is 36.5 Å². The van der Waals surface area contributed by atoms with Gasteiger partial charge < -0.3 is 16.0 Å². The molecule has 0 aliphatic carbocycles. The van der Waals surface area contributed by atoms with E-state index in [-0.39, 0.29) is 0 Å². The topological polar surface area (TPSA) is 79.6 Å². The van der Waals surface area contributed by atoms with Gasteiger partial charge in [0.1, 0.15) is 5.82 Å². The molecule has 2 heterocycles. The fourth-order valence-electron chi connectivity index (χ4n) is 1.74. The molecular weight excluding hydrogens is 282 g/mol. The van der Waals surface area contributed by atoms with E-state index in [0.29, 0.717) is 23.4 Å². The van der Waals surface area contributed by atoms with E-state index < -0.39 is 0 Å². The molecule has 0 amide bonds. The van der Waals surface area contributed by atoms with E-state index in [2.05, 4.69) is 27.2 Å². The molecule has 0 radical (unpaired) electrons. The van der Waals surface area contributed by atoms with Crippen molar-refractivity contribution in [1.82, 2.24) is 20.3 Å². The first-order valence-electron chi connectivity index (χ1n) is 6.33. The number of aromatic nitrogens is 3. The highest BCUT2D eigenvalue weighted by Crippen LogP contribution is 2.15. The number of rotatable bonds is 7. The summed E-state index contributed by atoms with van der Waals surface area (Å²) in [5, 5.41) is 6.37. The number of thiazole rings is 1. The number of imidazole rings is 1. The molecule has 7 heteroatoms. The summed E-state index contributed by atoms with van der Waals surface area (Å²) in [7, 11) is 0. The van der Waals surface area contributed by atoms with Crippen LogP contribution >= 0.6 is 22.9 Å². The van der Waals surface area contributed by atoms with Crippen molar-refractivity contribution in [3.8, 4) is 0 Å². The molecule has 0 bridgehead atoms. The molecule has 0 saturated carbocycles. The molecule has 4 N–H and O–H groups in total. The van der Waals surface area contributed by atoms with E-state index in [1.165, 1.54) is 11.3 Å². The van der Waals surface area contributed by atoms with Crippen molar-refractivity contribution in [3.63, 3.8) is 0 Å². The van der Waals surface area contributed by atoms with Crippen molar-refractivity contribution in [1.29, 1.82) is 0 Å². The molecule has 19 heavy (non-hydrogen) atoms. The third-order valence-corrected chi connectivity index (χ3v) is 3.76. The summed E-state index contributed by atoms with van der Waals surface area (Å²) < 4.78 is 0. The molecule has 2 aromatic rings. The molecule has 0 fully saturated rings. The first-order valence-corrected chi connectivity index (χ1v) is 7.58. The van der Waals surface area contributed by atoms with Gasteiger partial charge in [-0.1, -0.05) is 24.9 Å². The average Bonchev–Trinajstić information content (AvgIpc) is 2.94. The molecule has 2 aromatic heterocycles. The van der Waals surface area contributed by atoms with Gasteiger partial charge in [0.25, 0.3) is 0 Å². The quantitative estimate of drug-likeness (QED) is 0.734. The number of aromatic amines is 1. The third-order valence-electron chi connectivity index (χ3n) is 2.72. The van der Waals surface area contributed by atoms with Gasteiger partial charge in [-0.15, -0.1) is 11.3 Å². The van der Waals surface area contributed by atoms with Crippen molar-refractivity contribution in [2.45, 2.75) is 39.3 Å². The van der Waals surface area contributed by atoms with Gasteiger partial charge in [-0.3, -0.25) is 0 Å². The third kappa shape index (κ3) is 4.19. The van der Waals surface area contributed by atoms with Crippen LogP contribution in [0, 0.1) is 0 Å². The second-order valence-corrected chi connectivity index (χ2v) is 5.58. The standard InChI is InChI=1S/C12H18ClN5S/c1-2-3-4-10-17-9(11(13)18-10)6-15-5-8-7-19-12(14)16-8/h7,15H,2-6H2,1H3,(H2,14,16)(H,17,18). The van der Waals surface area contributed by atoms with Gasteiger partial charge >= 0.3 is 0 Å². The molecule has 0 spiro atoms. The summed E-state index contributed by atoms with van der Waals surface area (Å²) in [6.07, 6.45) is 3.21. The number of nitrogens with two attached hydrogens (primary N) is 1. The normalized spacial score (nSPS) is 11.1. The Morgan fingerprint density at radius 2 is 2.26 bits per heavy atom. The molecule has 0 unspecified atom stereocenters. The zero-order chi connectivity index (χ0) is 13.7. The van der Waals surface area contributed by atoms with Gasteiger partial charge in [-0.25, -0.2) is 9.97 Å². The number of nitrogens with one attached hydrogen (secondary N) is 2. The van der Waals surface area contributed by atoms with Gasteiger partial charge in [0.05, 0.1) is 11.4 Å². The van der Waals surface area contributed by atoms with Crippen molar-refractivity contribution >= 4 is 28.1 Å². The van der Waals surface area contributed by atoms with Crippen molar-refractivity contribution < 1.29 is 0 Å².